The molecule has 0 N–H and O–H groups in total. The van der Waals surface area contributed by atoms with Crippen LogP contribution in [0.4, 0.5) is 4.39 Å². The monoisotopic (exact) mass is 258 g/mol. The second-order valence-corrected chi connectivity index (χ2v) is 4.52. The van der Waals surface area contributed by atoms with E-state index in [1.807, 2.05) is 32.0 Å². The summed E-state index contributed by atoms with van der Waals surface area (Å²) in [6.45, 7) is 5.22. The van der Waals surface area contributed by atoms with Crippen molar-refractivity contribution in [3.63, 3.8) is 0 Å². The van der Waals surface area contributed by atoms with Crippen LogP contribution >= 0.6 is 0 Å². The fourth-order valence-corrected chi connectivity index (χ4v) is 1.87. The molecule has 0 aliphatic heterocycles. The summed E-state index contributed by atoms with van der Waals surface area (Å²) in [5.74, 6) is 0.0762. The number of hydrogen-bond donors (Lipinski definition) is 0. The van der Waals surface area contributed by atoms with Gasteiger partial charge in [-0.15, -0.1) is 0 Å². The summed E-state index contributed by atoms with van der Waals surface area (Å²) in [5.41, 5.74) is 2.22. The van der Waals surface area contributed by atoms with Gasteiger partial charge in [0.05, 0.1) is 0 Å². The summed E-state index contributed by atoms with van der Waals surface area (Å²) < 4.78 is 19.5. The molecular formula is C16H15FO2. The van der Waals surface area contributed by atoms with E-state index < -0.39 is 5.82 Å². The van der Waals surface area contributed by atoms with Gasteiger partial charge in [0.15, 0.2) is 17.3 Å². The minimum atomic E-state index is -0.532. The standard InChI is InChI=1S/C16H15FO2/c1-10-5-4-6-11(2)16(10)19-15-8-7-13(12(3)18)9-14(15)17/h4-9H,1-3H3. The summed E-state index contributed by atoms with van der Waals surface area (Å²) in [6, 6.07) is 9.98. The van der Waals surface area contributed by atoms with E-state index in [0.29, 0.717) is 11.3 Å². The van der Waals surface area contributed by atoms with Crippen molar-refractivity contribution < 1.29 is 13.9 Å². The van der Waals surface area contributed by atoms with E-state index in [-0.39, 0.29) is 11.5 Å². The number of halogens is 1. The van der Waals surface area contributed by atoms with Crippen LogP contribution in [0, 0.1) is 19.7 Å². The molecule has 2 nitrogen and oxygen atoms in total. The third-order valence-electron chi connectivity index (χ3n) is 2.96. The van der Waals surface area contributed by atoms with Gasteiger partial charge in [-0.3, -0.25) is 4.79 Å². The Morgan fingerprint density at radius 3 is 2.26 bits per heavy atom. The zero-order chi connectivity index (χ0) is 14.0. The number of rotatable bonds is 3. The summed E-state index contributed by atoms with van der Waals surface area (Å²) >= 11 is 0. The first-order chi connectivity index (χ1) is 8.99. The first-order valence-electron chi connectivity index (χ1n) is 6.03. The van der Waals surface area contributed by atoms with Crippen molar-refractivity contribution in [3.8, 4) is 11.5 Å². The van der Waals surface area contributed by atoms with Crippen molar-refractivity contribution in [1.29, 1.82) is 0 Å². The van der Waals surface area contributed by atoms with Gasteiger partial charge in [-0.25, -0.2) is 4.39 Å². The molecule has 0 aliphatic rings. The molecule has 0 saturated heterocycles. The second kappa shape index (κ2) is 5.22. The molecule has 0 amide bonds. The lowest BCUT2D eigenvalue weighted by Gasteiger charge is -2.12. The van der Waals surface area contributed by atoms with E-state index in [2.05, 4.69) is 0 Å². The van der Waals surface area contributed by atoms with Gasteiger partial charge in [-0.05, 0) is 50.1 Å². The van der Waals surface area contributed by atoms with E-state index in [0.717, 1.165) is 11.1 Å². The fraction of sp³-hybridized carbons (Fsp3) is 0.188. The first-order valence-corrected chi connectivity index (χ1v) is 6.03. The highest BCUT2D eigenvalue weighted by Crippen LogP contribution is 2.30. The number of carbonyl (C=O) groups excluding carboxylic acids is 1. The zero-order valence-corrected chi connectivity index (χ0v) is 11.2. The molecule has 2 aromatic rings. The minimum Gasteiger partial charge on any atom is -0.454 e. The molecule has 0 aromatic heterocycles. The third kappa shape index (κ3) is 2.81. The molecular weight excluding hydrogens is 243 g/mol. The van der Waals surface area contributed by atoms with Gasteiger partial charge in [0, 0.05) is 5.56 Å². The van der Waals surface area contributed by atoms with Crippen molar-refractivity contribution in [2.75, 3.05) is 0 Å². The Bertz CT molecular complexity index is 612. The van der Waals surface area contributed by atoms with Crippen molar-refractivity contribution in [1.82, 2.24) is 0 Å². The van der Waals surface area contributed by atoms with E-state index in [4.69, 9.17) is 4.74 Å². The Kier molecular flexibility index (Phi) is 3.65. The highest BCUT2D eigenvalue weighted by Gasteiger charge is 2.11. The normalized spacial score (nSPS) is 10.3. The maximum Gasteiger partial charge on any atom is 0.166 e. The number of carbonyl (C=O) groups is 1. The Morgan fingerprint density at radius 2 is 1.74 bits per heavy atom. The molecule has 0 heterocycles. The average molecular weight is 258 g/mol. The average Bonchev–Trinajstić information content (AvgIpc) is 2.35. The van der Waals surface area contributed by atoms with Crippen molar-refractivity contribution in [2.24, 2.45) is 0 Å². The molecule has 0 bridgehead atoms. The van der Waals surface area contributed by atoms with Crippen molar-refractivity contribution in [2.45, 2.75) is 20.8 Å². The maximum atomic E-state index is 13.9. The highest BCUT2D eigenvalue weighted by molar-refractivity contribution is 5.94. The number of hydrogen-bond acceptors (Lipinski definition) is 2. The quantitative estimate of drug-likeness (QED) is 0.761. The van der Waals surface area contributed by atoms with Gasteiger partial charge in [-0.1, -0.05) is 18.2 Å². The fourth-order valence-electron chi connectivity index (χ4n) is 1.87. The predicted octanol–water partition coefficient (Wildman–Crippen LogP) is 4.44. The largest absolute Gasteiger partial charge is 0.454 e. The van der Waals surface area contributed by atoms with Gasteiger partial charge in [-0.2, -0.15) is 0 Å². The summed E-state index contributed by atoms with van der Waals surface area (Å²) in [4.78, 5) is 11.2. The van der Waals surface area contributed by atoms with Crippen LogP contribution in [0.5, 0.6) is 11.5 Å². The van der Waals surface area contributed by atoms with Crippen molar-refractivity contribution in [3.05, 3.63) is 58.9 Å². The van der Waals surface area contributed by atoms with Gasteiger partial charge in [0.1, 0.15) is 5.75 Å². The third-order valence-corrected chi connectivity index (χ3v) is 2.96. The van der Waals surface area contributed by atoms with Crippen LogP contribution in [0.2, 0.25) is 0 Å². The van der Waals surface area contributed by atoms with Crippen LogP contribution in [-0.4, -0.2) is 5.78 Å². The molecule has 2 aromatic carbocycles. The number of para-hydroxylation sites is 1. The first kappa shape index (κ1) is 13.3. The number of aryl methyl sites for hydroxylation is 2. The van der Waals surface area contributed by atoms with E-state index in [9.17, 15) is 9.18 Å². The topological polar surface area (TPSA) is 26.3 Å². The molecule has 3 heteroatoms. The Hall–Kier alpha value is -2.16. The van der Waals surface area contributed by atoms with Gasteiger partial charge < -0.3 is 4.74 Å². The van der Waals surface area contributed by atoms with E-state index in [1.54, 1.807) is 6.07 Å². The zero-order valence-electron chi connectivity index (χ0n) is 11.2. The molecule has 0 unspecified atom stereocenters. The predicted molar refractivity (Wildman–Crippen MR) is 72.4 cm³/mol. The van der Waals surface area contributed by atoms with Crippen LogP contribution in [0.3, 0.4) is 0 Å². The molecule has 0 saturated carbocycles. The molecule has 2 rings (SSSR count). The van der Waals surface area contributed by atoms with E-state index >= 15 is 0 Å². The summed E-state index contributed by atoms with van der Waals surface area (Å²) in [5, 5.41) is 0. The smallest absolute Gasteiger partial charge is 0.166 e. The Labute approximate surface area is 111 Å². The number of ketones is 1. The molecule has 98 valence electrons. The van der Waals surface area contributed by atoms with Crippen LogP contribution in [0.1, 0.15) is 28.4 Å². The molecule has 0 fully saturated rings. The number of benzene rings is 2. The SMILES string of the molecule is CC(=O)c1ccc(Oc2c(C)cccc2C)c(F)c1. The summed E-state index contributed by atoms with van der Waals surface area (Å²) in [6.07, 6.45) is 0. The molecule has 0 spiro atoms. The van der Waals surface area contributed by atoms with Crippen LogP contribution < -0.4 is 4.74 Å². The molecule has 19 heavy (non-hydrogen) atoms. The lowest BCUT2D eigenvalue weighted by atomic mass is 10.1. The van der Waals surface area contributed by atoms with Crippen LogP contribution in [0.25, 0.3) is 0 Å². The number of ether oxygens (including phenoxy) is 1. The van der Waals surface area contributed by atoms with Gasteiger partial charge in [0.25, 0.3) is 0 Å². The second-order valence-electron chi connectivity index (χ2n) is 4.52. The van der Waals surface area contributed by atoms with Gasteiger partial charge in [0.2, 0.25) is 0 Å². The minimum absolute atomic E-state index is 0.127. The van der Waals surface area contributed by atoms with Crippen molar-refractivity contribution >= 4 is 5.78 Å². The van der Waals surface area contributed by atoms with Gasteiger partial charge >= 0.3 is 0 Å². The van der Waals surface area contributed by atoms with Crippen LogP contribution in [-0.2, 0) is 0 Å². The lowest BCUT2D eigenvalue weighted by Crippen LogP contribution is -1.97. The number of Topliss-reactive ketones (excluding diaryl/α,β-unsaturated/α-hetero) is 1. The Morgan fingerprint density at radius 1 is 1.11 bits per heavy atom. The molecule has 0 atom stereocenters. The highest BCUT2D eigenvalue weighted by atomic mass is 19.1. The molecule has 0 radical (unpaired) electrons. The Balaban J connectivity index is 2.36. The van der Waals surface area contributed by atoms with E-state index in [1.165, 1.54) is 19.1 Å². The summed E-state index contributed by atoms with van der Waals surface area (Å²) in [7, 11) is 0. The lowest BCUT2D eigenvalue weighted by molar-refractivity contribution is 0.101. The maximum absolute atomic E-state index is 13.9. The van der Waals surface area contributed by atoms with Crippen LogP contribution in [0.15, 0.2) is 36.4 Å². The molecule has 0 aliphatic carbocycles.